The van der Waals surface area contributed by atoms with Crippen molar-refractivity contribution >= 4 is 11.8 Å². The number of hydrogen-bond acceptors (Lipinski definition) is 4. The van der Waals surface area contributed by atoms with Crippen molar-refractivity contribution in [1.82, 2.24) is 10.6 Å². The quantitative estimate of drug-likeness (QED) is 0.671. The Balaban J connectivity index is 1.98. The summed E-state index contributed by atoms with van der Waals surface area (Å²) in [6, 6.07) is 14.8. The van der Waals surface area contributed by atoms with Crippen molar-refractivity contribution in [2.24, 2.45) is 0 Å². The number of methoxy groups -OCH3 is 1. The smallest absolute Gasteiger partial charge is 0.245 e. The normalized spacial score (nSPS) is 11.7. The number of carbonyl (C=O) groups excluding carboxylic acids is 2. The van der Waals surface area contributed by atoms with Crippen LogP contribution in [0.25, 0.3) is 11.1 Å². The maximum absolute atomic E-state index is 12.2. The van der Waals surface area contributed by atoms with Crippen LogP contribution in [0.3, 0.4) is 0 Å². The molecular weight excluding hydrogens is 332 g/mol. The van der Waals surface area contributed by atoms with Crippen LogP contribution < -0.4 is 10.6 Å². The molecule has 2 aromatic carbocycles. The zero-order chi connectivity index (χ0) is 18.9. The molecule has 6 heteroatoms. The Bertz CT molecular complexity index is 744. The fourth-order valence-corrected chi connectivity index (χ4v) is 2.57. The molecule has 3 N–H and O–H groups in total. The van der Waals surface area contributed by atoms with Gasteiger partial charge in [0.05, 0.1) is 13.2 Å². The fourth-order valence-electron chi connectivity index (χ4n) is 2.57. The van der Waals surface area contributed by atoms with E-state index in [2.05, 4.69) is 10.6 Å². The van der Waals surface area contributed by atoms with E-state index in [1.54, 1.807) is 0 Å². The zero-order valence-electron chi connectivity index (χ0n) is 15.0. The van der Waals surface area contributed by atoms with Gasteiger partial charge in [0.25, 0.3) is 0 Å². The first kappa shape index (κ1) is 19.6. The van der Waals surface area contributed by atoms with Crippen LogP contribution in [-0.2, 0) is 27.5 Å². The molecule has 2 rings (SSSR count). The number of amides is 2. The topological polar surface area (TPSA) is 87.7 Å². The molecule has 0 saturated carbocycles. The van der Waals surface area contributed by atoms with Gasteiger partial charge in [-0.3, -0.25) is 9.59 Å². The summed E-state index contributed by atoms with van der Waals surface area (Å²) in [7, 11) is 1.48. The number of aliphatic hydroxyl groups is 1. The first-order chi connectivity index (χ1) is 12.5. The zero-order valence-corrected chi connectivity index (χ0v) is 15.0. The molecule has 0 spiro atoms. The molecule has 0 aromatic heterocycles. The Morgan fingerprint density at radius 3 is 2.42 bits per heavy atom. The van der Waals surface area contributed by atoms with E-state index in [1.165, 1.54) is 14.0 Å². The van der Waals surface area contributed by atoms with Crippen LogP contribution in [0.4, 0.5) is 0 Å². The van der Waals surface area contributed by atoms with Crippen LogP contribution >= 0.6 is 0 Å². The van der Waals surface area contributed by atoms with Crippen LogP contribution in [0.2, 0.25) is 0 Å². The van der Waals surface area contributed by atoms with Crippen LogP contribution in [-0.4, -0.2) is 36.7 Å². The molecule has 6 nitrogen and oxygen atoms in total. The lowest BCUT2D eigenvalue weighted by molar-refractivity contribution is -0.129. The third kappa shape index (κ3) is 5.68. The molecule has 26 heavy (non-hydrogen) atoms. The van der Waals surface area contributed by atoms with E-state index in [9.17, 15) is 14.7 Å². The average molecular weight is 356 g/mol. The van der Waals surface area contributed by atoms with Crippen molar-refractivity contribution in [3.8, 4) is 11.1 Å². The predicted octanol–water partition coefficient (Wildman–Crippen LogP) is 1.61. The number of nitrogens with one attached hydrogen (secondary N) is 2. The minimum absolute atomic E-state index is 0.00882. The summed E-state index contributed by atoms with van der Waals surface area (Å²) in [5, 5.41) is 14.6. The van der Waals surface area contributed by atoms with Gasteiger partial charge in [-0.1, -0.05) is 42.5 Å². The summed E-state index contributed by atoms with van der Waals surface area (Å²) < 4.78 is 4.97. The van der Waals surface area contributed by atoms with Gasteiger partial charge in [-0.05, 0) is 28.3 Å². The molecule has 0 fully saturated rings. The number of hydrogen-bond donors (Lipinski definition) is 3. The third-order valence-electron chi connectivity index (χ3n) is 3.89. The number of rotatable bonds is 8. The van der Waals surface area contributed by atoms with E-state index in [0.29, 0.717) is 6.54 Å². The highest BCUT2D eigenvalue weighted by atomic mass is 16.5. The van der Waals surface area contributed by atoms with Crippen LogP contribution in [0.5, 0.6) is 0 Å². The summed E-state index contributed by atoms with van der Waals surface area (Å²) in [4.78, 5) is 23.3. The molecule has 0 aliphatic rings. The van der Waals surface area contributed by atoms with E-state index in [0.717, 1.165) is 22.3 Å². The molecule has 0 aliphatic heterocycles. The number of benzene rings is 2. The first-order valence-corrected chi connectivity index (χ1v) is 8.36. The van der Waals surface area contributed by atoms with Crippen molar-refractivity contribution < 1.29 is 19.4 Å². The van der Waals surface area contributed by atoms with Crippen LogP contribution in [0, 0.1) is 0 Å². The summed E-state index contributed by atoms with van der Waals surface area (Å²) >= 11 is 0. The SMILES string of the molecule is COC[C@@H](NC(C)=O)C(=O)NCc1ccc(-c2cccc(CO)c2)cc1. The van der Waals surface area contributed by atoms with E-state index in [4.69, 9.17) is 4.74 Å². The Kier molecular flexibility index (Phi) is 7.32. The molecule has 0 unspecified atom stereocenters. The second-order valence-electron chi connectivity index (χ2n) is 5.98. The van der Waals surface area contributed by atoms with Crippen molar-refractivity contribution in [2.45, 2.75) is 26.1 Å². The highest BCUT2D eigenvalue weighted by molar-refractivity contribution is 5.86. The van der Waals surface area contributed by atoms with Gasteiger partial charge in [-0.25, -0.2) is 0 Å². The van der Waals surface area contributed by atoms with Gasteiger partial charge in [0, 0.05) is 20.6 Å². The fraction of sp³-hybridized carbons (Fsp3) is 0.300. The van der Waals surface area contributed by atoms with Crippen LogP contribution in [0.1, 0.15) is 18.1 Å². The third-order valence-corrected chi connectivity index (χ3v) is 3.89. The number of ether oxygens (including phenoxy) is 1. The number of aliphatic hydroxyl groups excluding tert-OH is 1. The van der Waals surface area contributed by atoms with Gasteiger partial charge in [-0.2, -0.15) is 0 Å². The van der Waals surface area contributed by atoms with Gasteiger partial charge >= 0.3 is 0 Å². The van der Waals surface area contributed by atoms with Gasteiger partial charge in [0.1, 0.15) is 6.04 Å². The lowest BCUT2D eigenvalue weighted by atomic mass is 10.0. The largest absolute Gasteiger partial charge is 0.392 e. The van der Waals surface area contributed by atoms with E-state index >= 15 is 0 Å². The molecule has 1 atom stereocenters. The Morgan fingerprint density at radius 2 is 1.81 bits per heavy atom. The van der Waals surface area contributed by atoms with Gasteiger partial charge in [-0.15, -0.1) is 0 Å². The summed E-state index contributed by atoms with van der Waals surface area (Å²) in [5.74, 6) is -0.571. The predicted molar refractivity (Wildman–Crippen MR) is 99.1 cm³/mol. The minimum Gasteiger partial charge on any atom is -0.392 e. The van der Waals surface area contributed by atoms with Gasteiger partial charge < -0.3 is 20.5 Å². The molecule has 138 valence electrons. The molecule has 0 radical (unpaired) electrons. The minimum atomic E-state index is -0.710. The standard InChI is InChI=1S/C20H24N2O4/c1-14(24)22-19(13-26-2)20(25)21-11-15-6-8-17(9-7-15)18-5-3-4-16(10-18)12-23/h3-10,19,23H,11-13H2,1-2H3,(H,21,25)(H,22,24)/t19-/m1/s1. The molecular formula is C20H24N2O4. The van der Waals surface area contributed by atoms with Gasteiger partial charge in [0.15, 0.2) is 0 Å². The van der Waals surface area contributed by atoms with Crippen molar-refractivity contribution in [1.29, 1.82) is 0 Å². The van der Waals surface area contributed by atoms with Crippen molar-refractivity contribution in [3.63, 3.8) is 0 Å². The maximum atomic E-state index is 12.2. The molecule has 2 amide bonds. The highest BCUT2D eigenvalue weighted by Gasteiger charge is 2.18. The molecule has 0 aliphatic carbocycles. The lowest BCUT2D eigenvalue weighted by Gasteiger charge is -2.16. The highest BCUT2D eigenvalue weighted by Crippen LogP contribution is 2.21. The van der Waals surface area contributed by atoms with Crippen molar-refractivity contribution in [2.75, 3.05) is 13.7 Å². The molecule has 0 bridgehead atoms. The summed E-state index contributed by atoms with van der Waals surface area (Å²) in [6.07, 6.45) is 0. The summed E-state index contributed by atoms with van der Waals surface area (Å²) in [5.41, 5.74) is 3.87. The molecule has 0 heterocycles. The monoisotopic (exact) mass is 356 g/mol. The lowest BCUT2D eigenvalue weighted by Crippen LogP contribution is -2.48. The summed E-state index contributed by atoms with van der Waals surface area (Å²) in [6.45, 7) is 1.84. The first-order valence-electron chi connectivity index (χ1n) is 8.36. The van der Waals surface area contributed by atoms with Crippen LogP contribution in [0.15, 0.2) is 48.5 Å². The van der Waals surface area contributed by atoms with E-state index in [1.807, 2.05) is 48.5 Å². The average Bonchev–Trinajstić information content (AvgIpc) is 2.66. The van der Waals surface area contributed by atoms with E-state index in [-0.39, 0.29) is 25.0 Å². The van der Waals surface area contributed by atoms with Crippen molar-refractivity contribution in [3.05, 3.63) is 59.7 Å². The Hall–Kier alpha value is -2.70. The second kappa shape index (κ2) is 9.70. The second-order valence-corrected chi connectivity index (χ2v) is 5.98. The number of carbonyl (C=O) groups is 2. The maximum Gasteiger partial charge on any atom is 0.245 e. The molecule has 0 saturated heterocycles. The Morgan fingerprint density at radius 1 is 1.08 bits per heavy atom. The Labute approximate surface area is 153 Å². The van der Waals surface area contributed by atoms with Gasteiger partial charge in [0.2, 0.25) is 11.8 Å². The molecule has 2 aromatic rings. The van der Waals surface area contributed by atoms with E-state index < -0.39 is 6.04 Å².